The molecule has 3 rings (SSSR count). The van der Waals surface area contributed by atoms with Crippen LogP contribution >= 0.6 is 0 Å². The van der Waals surface area contributed by atoms with Gasteiger partial charge in [-0.25, -0.2) is 4.98 Å². The van der Waals surface area contributed by atoms with Gasteiger partial charge in [0.1, 0.15) is 5.65 Å². The van der Waals surface area contributed by atoms with Crippen molar-refractivity contribution in [3.05, 3.63) is 70.3 Å². The van der Waals surface area contributed by atoms with E-state index in [2.05, 4.69) is 15.6 Å². The van der Waals surface area contributed by atoms with Crippen LogP contribution in [0.1, 0.15) is 25.1 Å². The van der Waals surface area contributed by atoms with Crippen molar-refractivity contribution in [2.24, 2.45) is 5.92 Å². The van der Waals surface area contributed by atoms with E-state index in [0.29, 0.717) is 17.9 Å². The highest BCUT2D eigenvalue weighted by molar-refractivity contribution is 5.92. The van der Waals surface area contributed by atoms with Gasteiger partial charge in [0.2, 0.25) is 5.91 Å². The molecule has 0 radical (unpaired) electrons. The Bertz CT molecular complexity index is 1010. The largest absolute Gasteiger partial charge is 0.379 e. The lowest BCUT2D eigenvalue weighted by Crippen LogP contribution is -2.18. The van der Waals surface area contributed by atoms with E-state index < -0.39 is 0 Å². The van der Waals surface area contributed by atoms with Crippen molar-refractivity contribution in [1.82, 2.24) is 9.38 Å². The zero-order chi connectivity index (χ0) is 18.7. The maximum atomic E-state index is 12.2. The van der Waals surface area contributed by atoms with Gasteiger partial charge in [0, 0.05) is 29.6 Å². The van der Waals surface area contributed by atoms with Crippen LogP contribution in [0.3, 0.4) is 0 Å². The van der Waals surface area contributed by atoms with Gasteiger partial charge in [-0.05, 0) is 36.8 Å². The summed E-state index contributed by atoms with van der Waals surface area (Å²) in [6, 6.07) is 12.7. The van der Waals surface area contributed by atoms with Crippen molar-refractivity contribution in [3.8, 4) is 0 Å². The fourth-order valence-electron chi connectivity index (χ4n) is 2.56. The van der Waals surface area contributed by atoms with E-state index in [1.165, 1.54) is 10.5 Å². The van der Waals surface area contributed by atoms with E-state index in [1.54, 1.807) is 18.3 Å². The summed E-state index contributed by atoms with van der Waals surface area (Å²) >= 11 is 0. The van der Waals surface area contributed by atoms with Crippen molar-refractivity contribution in [2.45, 2.75) is 27.3 Å². The van der Waals surface area contributed by atoms with Crippen LogP contribution in [0.5, 0.6) is 0 Å². The lowest BCUT2D eigenvalue weighted by Gasteiger charge is -2.13. The molecule has 0 aliphatic heterocycles. The summed E-state index contributed by atoms with van der Waals surface area (Å²) in [6.07, 6.45) is 1.70. The number of fused-ring (bicyclic) bond motifs is 1. The van der Waals surface area contributed by atoms with Gasteiger partial charge >= 0.3 is 0 Å². The monoisotopic (exact) mass is 350 g/mol. The molecular formula is C20H22N4O2. The Morgan fingerprint density at radius 2 is 2.00 bits per heavy atom. The van der Waals surface area contributed by atoms with Crippen molar-refractivity contribution in [3.63, 3.8) is 0 Å². The zero-order valence-corrected chi connectivity index (χ0v) is 15.1. The minimum Gasteiger partial charge on any atom is -0.379 e. The summed E-state index contributed by atoms with van der Waals surface area (Å²) < 4.78 is 1.51. The normalized spacial score (nSPS) is 10.9. The van der Waals surface area contributed by atoms with E-state index in [9.17, 15) is 9.59 Å². The number of rotatable bonds is 5. The molecule has 6 heteroatoms. The SMILES string of the molecule is Cc1ccc(NC(=O)C(C)C)cc1NCc1cc(=O)n2ccccc2n1. The first-order chi connectivity index (χ1) is 12.4. The molecule has 0 aliphatic rings. The van der Waals surface area contributed by atoms with Gasteiger partial charge in [-0.15, -0.1) is 0 Å². The summed E-state index contributed by atoms with van der Waals surface area (Å²) in [5, 5.41) is 6.19. The fourth-order valence-corrected chi connectivity index (χ4v) is 2.56. The van der Waals surface area contributed by atoms with Crippen LogP contribution in [-0.2, 0) is 11.3 Å². The van der Waals surface area contributed by atoms with E-state index in [4.69, 9.17) is 0 Å². The number of hydrogen-bond acceptors (Lipinski definition) is 4. The Kier molecular flexibility index (Phi) is 5.02. The molecule has 6 nitrogen and oxygen atoms in total. The number of hydrogen-bond donors (Lipinski definition) is 2. The predicted octanol–water partition coefficient (Wildman–Crippen LogP) is 3.21. The van der Waals surface area contributed by atoms with Crippen molar-refractivity contribution in [1.29, 1.82) is 0 Å². The summed E-state index contributed by atoms with van der Waals surface area (Å²) in [6.45, 7) is 6.11. The standard InChI is InChI=1S/C20H22N4O2/c1-13(2)20(26)23-15-8-7-14(3)17(10-15)21-12-16-11-19(25)24-9-5-4-6-18(24)22-16/h4-11,13,21H,12H2,1-3H3,(H,23,26). The summed E-state index contributed by atoms with van der Waals surface area (Å²) in [5.41, 5.74) is 3.85. The molecule has 0 unspecified atom stereocenters. The number of benzene rings is 1. The highest BCUT2D eigenvalue weighted by atomic mass is 16.1. The molecule has 1 aromatic carbocycles. The molecule has 2 heterocycles. The van der Waals surface area contributed by atoms with Crippen LogP contribution in [0, 0.1) is 12.8 Å². The van der Waals surface area contributed by atoms with Crippen LogP contribution in [-0.4, -0.2) is 15.3 Å². The van der Waals surface area contributed by atoms with Crippen LogP contribution in [0.15, 0.2) is 53.5 Å². The Balaban J connectivity index is 1.79. The first kappa shape index (κ1) is 17.7. The second-order valence-electron chi connectivity index (χ2n) is 6.54. The zero-order valence-electron chi connectivity index (χ0n) is 15.1. The van der Waals surface area contributed by atoms with Crippen molar-refractivity contribution < 1.29 is 4.79 Å². The van der Waals surface area contributed by atoms with Gasteiger partial charge in [-0.2, -0.15) is 0 Å². The molecule has 1 amide bonds. The number of anilines is 2. The summed E-state index contributed by atoms with van der Waals surface area (Å²) in [7, 11) is 0. The van der Waals surface area contributed by atoms with E-state index >= 15 is 0 Å². The summed E-state index contributed by atoms with van der Waals surface area (Å²) in [4.78, 5) is 28.5. The molecule has 0 atom stereocenters. The average molecular weight is 350 g/mol. The molecule has 26 heavy (non-hydrogen) atoms. The van der Waals surface area contributed by atoms with Gasteiger partial charge < -0.3 is 10.6 Å². The molecule has 3 aromatic rings. The van der Waals surface area contributed by atoms with Gasteiger partial charge in [0.05, 0.1) is 12.2 Å². The molecule has 0 fully saturated rings. The first-order valence-corrected chi connectivity index (χ1v) is 8.57. The maximum absolute atomic E-state index is 12.2. The Hall–Kier alpha value is -3.15. The first-order valence-electron chi connectivity index (χ1n) is 8.57. The lowest BCUT2D eigenvalue weighted by molar-refractivity contribution is -0.118. The third-order valence-electron chi connectivity index (χ3n) is 4.11. The highest BCUT2D eigenvalue weighted by Crippen LogP contribution is 2.21. The predicted molar refractivity (Wildman–Crippen MR) is 103 cm³/mol. The smallest absolute Gasteiger partial charge is 0.258 e. The quantitative estimate of drug-likeness (QED) is 0.741. The summed E-state index contributed by atoms with van der Waals surface area (Å²) in [5.74, 6) is -0.105. The number of nitrogens with zero attached hydrogens (tertiary/aromatic N) is 2. The van der Waals surface area contributed by atoms with Crippen LogP contribution in [0.2, 0.25) is 0 Å². The number of amides is 1. The highest BCUT2D eigenvalue weighted by Gasteiger charge is 2.09. The number of aromatic nitrogens is 2. The van der Waals surface area contributed by atoms with E-state index in [1.807, 2.05) is 45.0 Å². The van der Waals surface area contributed by atoms with Gasteiger partial charge in [0.15, 0.2) is 0 Å². The molecule has 0 aliphatic carbocycles. The number of carbonyl (C=O) groups excluding carboxylic acids is 1. The average Bonchev–Trinajstić information content (AvgIpc) is 2.62. The van der Waals surface area contributed by atoms with Crippen LogP contribution in [0.25, 0.3) is 5.65 Å². The third kappa shape index (κ3) is 3.91. The molecular weight excluding hydrogens is 328 g/mol. The number of aryl methyl sites for hydroxylation is 1. The molecule has 0 saturated heterocycles. The fraction of sp³-hybridized carbons (Fsp3) is 0.250. The van der Waals surface area contributed by atoms with E-state index in [-0.39, 0.29) is 17.4 Å². The minimum atomic E-state index is -0.109. The van der Waals surface area contributed by atoms with Gasteiger partial charge in [-0.1, -0.05) is 26.0 Å². The Morgan fingerprint density at radius 3 is 2.77 bits per heavy atom. The van der Waals surface area contributed by atoms with Gasteiger partial charge in [-0.3, -0.25) is 14.0 Å². The maximum Gasteiger partial charge on any atom is 0.258 e. The second kappa shape index (κ2) is 7.39. The van der Waals surface area contributed by atoms with Gasteiger partial charge in [0.25, 0.3) is 5.56 Å². The molecule has 0 spiro atoms. The second-order valence-corrected chi connectivity index (χ2v) is 6.54. The number of pyridine rings is 1. The molecule has 134 valence electrons. The number of carbonyl (C=O) groups is 1. The van der Waals surface area contributed by atoms with Crippen LogP contribution < -0.4 is 16.2 Å². The third-order valence-corrected chi connectivity index (χ3v) is 4.11. The van der Waals surface area contributed by atoms with Crippen molar-refractivity contribution >= 4 is 22.9 Å². The topological polar surface area (TPSA) is 75.5 Å². The Morgan fingerprint density at radius 1 is 1.19 bits per heavy atom. The van der Waals surface area contributed by atoms with Crippen molar-refractivity contribution in [2.75, 3.05) is 10.6 Å². The molecule has 2 aromatic heterocycles. The number of nitrogens with one attached hydrogen (secondary N) is 2. The molecule has 2 N–H and O–H groups in total. The molecule has 0 bridgehead atoms. The van der Waals surface area contributed by atoms with Crippen LogP contribution in [0.4, 0.5) is 11.4 Å². The lowest BCUT2D eigenvalue weighted by atomic mass is 10.1. The minimum absolute atomic E-state index is 0.0241. The Labute approximate surface area is 151 Å². The molecule has 0 saturated carbocycles. The van der Waals surface area contributed by atoms with E-state index in [0.717, 1.165) is 16.9 Å².